The molecule has 0 saturated carbocycles. The van der Waals surface area contributed by atoms with Crippen molar-refractivity contribution in [3.63, 3.8) is 0 Å². The third-order valence-electron chi connectivity index (χ3n) is 4.10. The molecule has 110 valence electrons. The van der Waals surface area contributed by atoms with Gasteiger partial charge in [-0.25, -0.2) is 0 Å². The second-order valence-electron chi connectivity index (χ2n) is 5.41. The maximum atomic E-state index is 12.7. The van der Waals surface area contributed by atoms with Crippen LogP contribution >= 0.6 is 11.8 Å². The Kier molecular flexibility index (Phi) is 5.35. The number of anilines is 1. The van der Waals surface area contributed by atoms with Gasteiger partial charge in [0.05, 0.1) is 5.92 Å². The summed E-state index contributed by atoms with van der Waals surface area (Å²) in [5.41, 5.74) is 2.43. The van der Waals surface area contributed by atoms with Gasteiger partial charge in [-0.3, -0.25) is 4.79 Å². The van der Waals surface area contributed by atoms with Gasteiger partial charge in [0.2, 0.25) is 5.91 Å². The molecule has 0 spiro atoms. The highest BCUT2D eigenvalue weighted by molar-refractivity contribution is 7.98. The molecule has 1 aromatic carbocycles. The Bertz CT molecular complexity index is 464. The van der Waals surface area contributed by atoms with E-state index >= 15 is 0 Å². The van der Waals surface area contributed by atoms with Gasteiger partial charge in [0.1, 0.15) is 0 Å². The second kappa shape index (κ2) is 7.02. The van der Waals surface area contributed by atoms with Crippen LogP contribution < -0.4 is 5.32 Å². The van der Waals surface area contributed by atoms with Gasteiger partial charge in [-0.15, -0.1) is 0 Å². The summed E-state index contributed by atoms with van der Waals surface area (Å²) in [6.45, 7) is 2.90. The smallest absolute Gasteiger partial charge is 0.227 e. The largest absolute Gasteiger partial charge is 0.384 e. The van der Waals surface area contributed by atoms with Crippen LogP contribution in [0.15, 0.2) is 24.3 Å². The molecule has 0 fully saturated rings. The first-order valence-electron chi connectivity index (χ1n) is 7.24. The minimum atomic E-state index is 0.0609. The molecule has 2 rings (SSSR count). The van der Waals surface area contributed by atoms with E-state index < -0.39 is 0 Å². The number of hydrogen-bond donors (Lipinski definition) is 1. The molecule has 1 N–H and O–H groups in total. The van der Waals surface area contributed by atoms with E-state index in [0.29, 0.717) is 6.04 Å². The molecular weight excluding hydrogens is 268 g/mol. The van der Waals surface area contributed by atoms with E-state index in [1.165, 1.54) is 11.3 Å². The van der Waals surface area contributed by atoms with E-state index in [9.17, 15) is 4.79 Å². The Labute approximate surface area is 126 Å². The van der Waals surface area contributed by atoms with E-state index in [0.717, 1.165) is 25.1 Å². The molecule has 0 saturated heterocycles. The Morgan fingerprint density at radius 2 is 2.25 bits per heavy atom. The average Bonchev–Trinajstić information content (AvgIpc) is 2.50. The van der Waals surface area contributed by atoms with Crippen molar-refractivity contribution in [2.24, 2.45) is 5.92 Å². The molecule has 4 heteroatoms. The molecule has 1 heterocycles. The van der Waals surface area contributed by atoms with Crippen LogP contribution in [-0.2, 0) is 11.2 Å². The maximum Gasteiger partial charge on any atom is 0.227 e. The SMILES string of the molecule is CCC(CSC)N(C)C(=O)C1CNc2ccccc2C1. The van der Waals surface area contributed by atoms with Crippen LogP contribution in [0.3, 0.4) is 0 Å². The van der Waals surface area contributed by atoms with Crippen molar-refractivity contribution in [1.29, 1.82) is 0 Å². The summed E-state index contributed by atoms with van der Waals surface area (Å²) in [5.74, 6) is 1.34. The van der Waals surface area contributed by atoms with E-state index in [2.05, 4.69) is 30.6 Å². The zero-order valence-electron chi connectivity index (χ0n) is 12.6. The maximum absolute atomic E-state index is 12.7. The van der Waals surface area contributed by atoms with Gasteiger partial charge in [-0.1, -0.05) is 25.1 Å². The normalized spacial score (nSPS) is 18.9. The number of carbonyl (C=O) groups is 1. The van der Waals surface area contributed by atoms with Crippen molar-refractivity contribution in [2.75, 3.05) is 30.9 Å². The predicted octanol–water partition coefficient (Wildman–Crippen LogP) is 2.87. The fraction of sp³-hybridized carbons (Fsp3) is 0.562. The van der Waals surface area contributed by atoms with E-state index in [4.69, 9.17) is 0 Å². The van der Waals surface area contributed by atoms with Crippen LogP contribution in [0.4, 0.5) is 5.69 Å². The van der Waals surface area contributed by atoms with Crippen molar-refractivity contribution >= 4 is 23.4 Å². The minimum Gasteiger partial charge on any atom is -0.384 e. The minimum absolute atomic E-state index is 0.0609. The van der Waals surface area contributed by atoms with Gasteiger partial charge in [0, 0.05) is 31.1 Å². The number of benzene rings is 1. The van der Waals surface area contributed by atoms with Gasteiger partial charge >= 0.3 is 0 Å². The van der Waals surface area contributed by atoms with Crippen LogP contribution in [0.5, 0.6) is 0 Å². The first kappa shape index (κ1) is 15.2. The fourth-order valence-corrected chi connectivity index (χ4v) is 3.62. The number of fused-ring (bicyclic) bond motifs is 1. The number of rotatable bonds is 5. The number of nitrogens with one attached hydrogen (secondary N) is 1. The Hall–Kier alpha value is -1.16. The van der Waals surface area contributed by atoms with Gasteiger partial charge in [0.15, 0.2) is 0 Å². The van der Waals surface area contributed by atoms with Crippen molar-refractivity contribution in [3.8, 4) is 0 Å². The molecule has 1 aliphatic heterocycles. The number of para-hydroxylation sites is 1. The van der Waals surface area contributed by atoms with E-state index in [1.54, 1.807) is 11.8 Å². The molecule has 20 heavy (non-hydrogen) atoms. The third-order valence-corrected chi connectivity index (χ3v) is 4.82. The molecule has 0 aliphatic carbocycles. The number of amides is 1. The van der Waals surface area contributed by atoms with Crippen LogP contribution in [0.25, 0.3) is 0 Å². The van der Waals surface area contributed by atoms with Gasteiger partial charge in [0.25, 0.3) is 0 Å². The zero-order chi connectivity index (χ0) is 14.5. The molecule has 0 radical (unpaired) electrons. The molecular formula is C16H24N2OS. The summed E-state index contributed by atoms with van der Waals surface area (Å²) in [6.07, 6.45) is 3.96. The van der Waals surface area contributed by atoms with Gasteiger partial charge in [-0.2, -0.15) is 11.8 Å². The van der Waals surface area contributed by atoms with Crippen LogP contribution in [0.1, 0.15) is 18.9 Å². The molecule has 0 aromatic heterocycles. The summed E-state index contributed by atoms with van der Waals surface area (Å²) in [6, 6.07) is 8.61. The molecule has 2 atom stereocenters. The first-order chi connectivity index (χ1) is 9.67. The number of carbonyl (C=O) groups excluding carboxylic acids is 1. The first-order valence-corrected chi connectivity index (χ1v) is 8.64. The highest BCUT2D eigenvalue weighted by Crippen LogP contribution is 2.25. The summed E-state index contributed by atoms with van der Waals surface area (Å²) in [5, 5.41) is 3.38. The topological polar surface area (TPSA) is 32.3 Å². The van der Waals surface area contributed by atoms with Crippen LogP contribution in [-0.4, -0.2) is 42.4 Å². The standard InChI is InChI=1S/C16H24N2OS/c1-4-14(11-20-3)18(2)16(19)13-9-12-7-5-6-8-15(12)17-10-13/h5-8,13-14,17H,4,9-11H2,1-3H3. The van der Waals surface area contributed by atoms with Crippen LogP contribution in [0, 0.1) is 5.92 Å². The highest BCUT2D eigenvalue weighted by Gasteiger charge is 2.29. The molecule has 1 amide bonds. The highest BCUT2D eigenvalue weighted by atomic mass is 32.2. The van der Waals surface area contributed by atoms with E-state index in [1.807, 2.05) is 24.1 Å². The zero-order valence-corrected chi connectivity index (χ0v) is 13.4. The summed E-state index contributed by atoms with van der Waals surface area (Å²) in [4.78, 5) is 14.6. The van der Waals surface area contributed by atoms with Crippen molar-refractivity contribution in [1.82, 2.24) is 4.90 Å². The van der Waals surface area contributed by atoms with Gasteiger partial charge in [-0.05, 0) is 30.7 Å². The summed E-state index contributed by atoms with van der Waals surface area (Å²) < 4.78 is 0. The molecule has 0 bridgehead atoms. The molecule has 2 unspecified atom stereocenters. The average molecular weight is 292 g/mol. The monoisotopic (exact) mass is 292 g/mol. The number of thioether (sulfide) groups is 1. The van der Waals surface area contributed by atoms with Crippen molar-refractivity contribution in [3.05, 3.63) is 29.8 Å². The predicted molar refractivity (Wildman–Crippen MR) is 87.4 cm³/mol. The Morgan fingerprint density at radius 1 is 1.50 bits per heavy atom. The van der Waals surface area contributed by atoms with Crippen LogP contribution in [0.2, 0.25) is 0 Å². The lowest BCUT2D eigenvalue weighted by Gasteiger charge is -2.33. The van der Waals surface area contributed by atoms with Crippen molar-refractivity contribution in [2.45, 2.75) is 25.8 Å². The number of hydrogen-bond acceptors (Lipinski definition) is 3. The third kappa shape index (κ3) is 3.29. The lowest BCUT2D eigenvalue weighted by Crippen LogP contribution is -2.45. The van der Waals surface area contributed by atoms with E-state index in [-0.39, 0.29) is 11.8 Å². The summed E-state index contributed by atoms with van der Waals surface area (Å²) >= 11 is 1.81. The Morgan fingerprint density at radius 3 is 2.95 bits per heavy atom. The summed E-state index contributed by atoms with van der Waals surface area (Å²) in [7, 11) is 1.95. The van der Waals surface area contributed by atoms with Crippen molar-refractivity contribution < 1.29 is 4.79 Å². The lowest BCUT2D eigenvalue weighted by molar-refractivity contribution is -0.135. The fourth-order valence-electron chi connectivity index (χ4n) is 2.78. The number of nitrogens with zero attached hydrogens (tertiary/aromatic N) is 1. The lowest BCUT2D eigenvalue weighted by atomic mass is 9.92. The molecule has 1 aliphatic rings. The molecule has 1 aromatic rings. The molecule has 3 nitrogen and oxygen atoms in total. The Balaban J connectivity index is 2.04. The second-order valence-corrected chi connectivity index (χ2v) is 6.32. The van der Waals surface area contributed by atoms with Gasteiger partial charge < -0.3 is 10.2 Å². The quantitative estimate of drug-likeness (QED) is 0.905.